The highest BCUT2D eigenvalue weighted by atomic mass is 16.1. The second kappa shape index (κ2) is 10.9. The van der Waals surface area contributed by atoms with Crippen LogP contribution in [-0.4, -0.2) is 56.6 Å². The third-order valence-corrected chi connectivity index (χ3v) is 7.69. The summed E-state index contributed by atoms with van der Waals surface area (Å²) in [5.74, 6) is 2.49. The number of carbonyl (C=O) groups is 2. The van der Waals surface area contributed by atoms with Crippen LogP contribution < -0.4 is 11.1 Å². The number of rotatable bonds is 5. The summed E-state index contributed by atoms with van der Waals surface area (Å²) in [7, 11) is 2.19. The van der Waals surface area contributed by atoms with Gasteiger partial charge >= 0.3 is 0 Å². The van der Waals surface area contributed by atoms with Gasteiger partial charge in [0.2, 0.25) is 0 Å². The average molecular weight is 526 g/mol. The maximum atomic E-state index is 12.6. The Hall–Kier alpha value is -4.11. The van der Waals surface area contributed by atoms with Crippen LogP contribution in [0.2, 0.25) is 0 Å². The number of aromatic nitrogens is 4. The molecule has 1 aromatic carbocycles. The lowest BCUT2D eigenvalue weighted by atomic mass is 9.91. The van der Waals surface area contributed by atoms with Gasteiger partial charge in [0, 0.05) is 41.6 Å². The second-order valence-electron chi connectivity index (χ2n) is 10.9. The highest BCUT2D eigenvalue weighted by Gasteiger charge is 2.57. The molecule has 1 atom stereocenters. The van der Waals surface area contributed by atoms with Crippen LogP contribution in [0.5, 0.6) is 0 Å². The van der Waals surface area contributed by atoms with Gasteiger partial charge in [0.15, 0.2) is 0 Å². The molecule has 1 saturated carbocycles. The van der Waals surface area contributed by atoms with Gasteiger partial charge in [-0.05, 0) is 69.1 Å². The Labute approximate surface area is 228 Å². The van der Waals surface area contributed by atoms with Crippen molar-refractivity contribution in [3.8, 4) is 11.3 Å². The number of nitrogens with zero attached hydrogens (tertiary/aromatic N) is 5. The molecule has 0 radical (unpaired) electrons. The summed E-state index contributed by atoms with van der Waals surface area (Å²) >= 11 is 0. The maximum absolute atomic E-state index is 12.6. The molecule has 202 valence electrons. The van der Waals surface area contributed by atoms with Gasteiger partial charge in [-0.3, -0.25) is 9.20 Å². The molecular formula is C30H35N7O2. The molecule has 3 N–H and O–H groups in total. The van der Waals surface area contributed by atoms with Crippen LogP contribution in [0.3, 0.4) is 0 Å². The van der Waals surface area contributed by atoms with E-state index in [-0.39, 0.29) is 11.8 Å². The van der Waals surface area contributed by atoms with Crippen molar-refractivity contribution in [3.05, 3.63) is 72.4 Å². The first kappa shape index (κ1) is 26.5. The summed E-state index contributed by atoms with van der Waals surface area (Å²) in [4.78, 5) is 38.1. The van der Waals surface area contributed by atoms with Crippen molar-refractivity contribution in [3.63, 3.8) is 0 Å². The normalized spacial score (nSPS) is 18.0. The van der Waals surface area contributed by atoms with E-state index >= 15 is 0 Å². The number of carbonyl (C=O) groups excluding carboxylic acids is 2. The molecule has 4 heterocycles. The maximum Gasteiger partial charge on any atom is 0.256 e. The van der Waals surface area contributed by atoms with E-state index in [0.29, 0.717) is 28.5 Å². The molecule has 39 heavy (non-hydrogen) atoms. The van der Waals surface area contributed by atoms with Gasteiger partial charge in [-0.25, -0.2) is 15.0 Å². The lowest BCUT2D eigenvalue weighted by Crippen LogP contribution is -2.31. The number of nitrogens with one attached hydrogen (secondary N) is 1. The van der Waals surface area contributed by atoms with Gasteiger partial charge in [-0.1, -0.05) is 32.0 Å². The van der Waals surface area contributed by atoms with E-state index in [2.05, 4.69) is 31.6 Å². The van der Waals surface area contributed by atoms with E-state index in [1.165, 1.54) is 19.3 Å². The lowest BCUT2D eigenvalue weighted by Gasteiger charge is -2.29. The zero-order valence-electron chi connectivity index (χ0n) is 22.7. The van der Waals surface area contributed by atoms with Crippen molar-refractivity contribution < 1.29 is 9.59 Å². The minimum Gasteiger partial charge on any atom is -0.382 e. The van der Waals surface area contributed by atoms with Crippen LogP contribution in [0.15, 0.2) is 61.1 Å². The molecule has 1 saturated heterocycles. The fraction of sp³-hybridized carbons (Fsp3) is 0.367. The summed E-state index contributed by atoms with van der Waals surface area (Å²) in [6, 6.07) is 12.9. The van der Waals surface area contributed by atoms with Crippen molar-refractivity contribution in [2.75, 3.05) is 31.2 Å². The number of fused-ring (bicyclic) bond motifs is 1. The number of piperidine rings is 1. The number of likely N-dealkylation sites (tertiary alicyclic amines) is 1. The Bertz CT molecular complexity index is 1460. The van der Waals surface area contributed by atoms with Crippen molar-refractivity contribution in [1.29, 1.82) is 0 Å². The van der Waals surface area contributed by atoms with Gasteiger partial charge in [0.05, 0.1) is 0 Å². The highest BCUT2D eigenvalue weighted by molar-refractivity contribution is 6.04. The molecule has 2 fully saturated rings. The largest absolute Gasteiger partial charge is 0.382 e. The molecule has 0 bridgehead atoms. The third-order valence-electron chi connectivity index (χ3n) is 7.69. The van der Waals surface area contributed by atoms with Crippen molar-refractivity contribution in [1.82, 2.24) is 24.3 Å². The number of hydrogen-bond donors (Lipinski definition) is 2. The number of hydrogen-bond acceptors (Lipinski definition) is 7. The van der Waals surface area contributed by atoms with Crippen LogP contribution in [0.1, 0.15) is 55.2 Å². The molecule has 9 heteroatoms. The lowest BCUT2D eigenvalue weighted by molar-refractivity contribution is -0.110. The molecule has 3 aromatic heterocycles. The van der Waals surface area contributed by atoms with Gasteiger partial charge in [0.1, 0.15) is 35.0 Å². The summed E-state index contributed by atoms with van der Waals surface area (Å²) in [5, 5.41) is 2.82. The SMILES string of the molecule is CC(C)C=O.CN1CCC2(CC1)CC2c1nc(-c2ccc(C(=O)Nc3ccccn3)cc2)c2c(N)nccn12. The third kappa shape index (κ3) is 5.54. The first-order valence-corrected chi connectivity index (χ1v) is 13.4. The highest BCUT2D eigenvalue weighted by Crippen LogP contribution is 2.64. The number of imidazole rings is 1. The summed E-state index contributed by atoms with van der Waals surface area (Å²) in [6.45, 7) is 5.98. The van der Waals surface area contributed by atoms with Gasteiger partial charge in [-0.2, -0.15) is 0 Å². The zero-order valence-corrected chi connectivity index (χ0v) is 22.7. The zero-order chi connectivity index (χ0) is 27.6. The molecule has 1 spiro atoms. The predicted molar refractivity (Wildman–Crippen MR) is 152 cm³/mol. The van der Waals surface area contributed by atoms with E-state index in [4.69, 9.17) is 10.7 Å². The number of aldehydes is 1. The minimum absolute atomic E-state index is 0.204. The molecule has 1 aliphatic carbocycles. The molecule has 1 amide bonds. The first-order valence-electron chi connectivity index (χ1n) is 13.4. The average Bonchev–Trinajstić information content (AvgIpc) is 3.50. The number of anilines is 2. The number of benzene rings is 1. The Morgan fingerprint density at radius 3 is 2.46 bits per heavy atom. The van der Waals surface area contributed by atoms with Crippen molar-refractivity contribution in [2.45, 2.75) is 39.0 Å². The van der Waals surface area contributed by atoms with Gasteiger partial charge < -0.3 is 20.7 Å². The van der Waals surface area contributed by atoms with E-state index in [1.807, 2.05) is 44.3 Å². The molecule has 1 aliphatic heterocycles. The molecular weight excluding hydrogens is 490 g/mol. The van der Waals surface area contributed by atoms with E-state index in [9.17, 15) is 9.59 Å². The first-order chi connectivity index (χ1) is 18.8. The number of amides is 1. The summed E-state index contributed by atoms with van der Waals surface area (Å²) in [6.07, 6.45) is 9.86. The second-order valence-corrected chi connectivity index (χ2v) is 10.9. The van der Waals surface area contributed by atoms with E-state index in [0.717, 1.165) is 42.0 Å². The van der Waals surface area contributed by atoms with Crippen molar-refractivity contribution >= 4 is 29.3 Å². The summed E-state index contributed by atoms with van der Waals surface area (Å²) in [5.41, 5.74) is 9.80. The number of nitrogens with two attached hydrogens (primary N) is 1. The summed E-state index contributed by atoms with van der Waals surface area (Å²) < 4.78 is 2.12. The molecule has 2 aliphatic rings. The van der Waals surface area contributed by atoms with Crippen LogP contribution in [0.4, 0.5) is 11.6 Å². The Morgan fingerprint density at radius 2 is 1.82 bits per heavy atom. The number of pyridine rings is 1. The Morgan fingerprint density at radius 1 is 1.10 bits per heavy atom. The topological polar surface area (TPSA) is 119 Å². The Kier molecular flexibility index (Phi) is 7.43. The number of nitrogen functional groups attached to an aromatic ring is 1. The van der Waals surface area contributed by atoms with Crippen LogP contribution in [0.25, 0.3) is 16.8 Å². The van der Waals surface area contributed by atoms with Crippen LogP contribution in [0, 0.1) is 11.3 Å². The fourth-order valence-corrected chi connectivity index (χ4v) is 5.27. The fourth-order valence-electron chi connectivity index (χ4n) is 5.27. The Balaban J connectivity index is 0.000000567. The van der Waals surface area contributed by atoms with Gasteiger partial charge in [-0.15, -0.1) is 0 Å². The van der Waals surface area contributed by atoms with Crippen molar-refractivity contribution in [2.24, 2.45) is 11.3 Å². The van der Waals surface area contributed by atoms with Gasteiger partial charge in [0.25, 0.3) is 5.91 Å². The molecule has 6 rings (SSSR count). The molecule has 1 unspecified atom stereocenters. The monoisotopic (exact) mass is 525 g/mol. The quantitative estimate of drug-likeness (QED) is 0.364. The van der Waals surface area contributed by atoms with E-state index < -0.39 is 0 Å². The molecule has 4 aromatic rings. The standard InChI is InChI=1S/C26H27N7O.C4H8O/c1-32-13-9-26(10-14-32)16-19(26)24-31-21(22-23(27)29-12-15-33(22)24)17-5-7-18(8-6-17)25(34)30-20-4-2-3-11-28-20;1-4(2)3-5/h2-8,11-12,15,19H,9-10,13-14,16H2,1H3,(H2,27,29)(H,28,30,34);3-4H,1-2H3. The van der Waals surface area contributed by atoms with E-state index in [1.54, 1.807) is 30.6 Å². The van der Waals surface area contributed by atoms with Crippen LogP contribution >= 0.6 is 0 Å². The smallest absolute Gasteiger partial charge is 0.256 e. The van der Waals surface area contributed by atoms with Crippen LogP contribution in [-0.2, 0) is 4.79 Å². The molecule has 9 nitrogen and oxygen atoms in total. The predicted octanol–water partition coefficient (Wildman–Crippen LogP) is 4.67. The minimum atomic E-state index is -0.205.